The summed E-state index contributed by atoms with van der Waals surface area (Å²) in [5.74, 6) is 0.335. The highest BCUT2D eigenvalue weighted by Crippen LogP contribution is 2.44. The molecule has 2 aliphatic rings. The number of ether oxygens (including phenoxy) is 4. The fraction of sp³-hybridized carbons (Fsp3) is 0.407. The Morgan fingerprint density at radius 1 is 1.06 bits per heavy atom. The number of allylic oxidation sites excluding steroid dienone is 2. The molecule has 0 N–H and O–H groups in total. The van der Waals surface area contributed by atoms with E-state index in [0.29, 0.717) is 12.1 Å². The summed E-state index contributed by atoms with van der Waals surface area (Å²) in [6.45, 7) is 2.46. The van der Waals surface area contributed by atoms with Crippen LogP contribution < -0.4 is 19.1 Å². The molecule has 1 aliphatic heterocycles. The van der Waals surface area contributed by atoms with Crippen LogP contribution in [0.4, 0.5) is 10.5 Å². The van der Waals surface area contributed by atoms with Crippen LogP contribution in [0, 0.1) is 5.41 Å². The van der Waals surface area contributed by atoms with Gasteiger partial charge in [-0.15, -0.1) is 0 Å². The van der Waals surface area contributed by atoms with Crippen molar-refractivity contribution in [2.75, 3.05) is 32.3 Å². The predicted octanol–water partition coefficient (Wildman–Crippen LogP) is 5.56. The van der Waals surface area contributed by atoms with Gasteiger partial charge in [0.25, 0.3) is 5.91 Å². The molecule has 0 saturated heterocycles. The maximum Gasteiger partial charge on any atom is 0.514 e. The van der Waals surface area contributed by atoms with Crippen LogP contribution in [0.25, 0.3) is 0 Å². The average molecular weight is 466 g/mol. The van der Waals surface area contributed by atoms with E-state index in [9.17, 15) is 9.59 Å². The maximum atomic E-state index is 13.8. The normalized spacial score (nSPS) is 19.2. The van der Waals surface area contributed by atoms with Gasteiger partial charge in [0.05, 0.1) is 20.8 Å². The van der Waals surface area contributed by atoms with Crippen LogP contribution in [0.15, 0.2) is 48.6 Å². The van der Waals surface area contributed by atoms with Gasteiger partial charge in [-0.1, -0.05) is 30.4 Å². The smallest absolute Gasteiger partial charge is 0.493 e. The molecule has 1 aliphatic carbocycles. The van der Waals surface area contributed by atoms with Gasteiger partial charge in [0.1, 0.15) is 0 Å². The van der Waals surface area contributed by atoms with Crippen molar-refractivity contribution in [2.45, 2.75) is 39.0 Å². The predicted molar refractivity (Wildman–Crippen MR) is 129 cm³/mol. The van der Waals surface area contributed by atoms with Crippen molar-refractivity contribution in [3.63, 3.8) is 0 Å². The Labute approximate surface area is 200 Å². The van der Waals surface area contributed by atoms with Crippen molar-refractivity contribution in [2.24, 2.45) is 5.41 Å². The third-order valence-electron chi connectivity index (χ3n) is 6.58. The number of para-hydroxylation sites is 1. The van der Waals surface area contributed by atoms with Gasteiger partial charge in [0.2, 0.25) is 5.75 Å². The number of amides is 1. The third kappa shape index (κ3) is 4.74. The molecule has 2 aromatic rings. The highest BCUT2D eigenvalue weighted by atomic mass is 16.7. The molecule has 7 heteroatoms. The summed E-state index contributed by atoms with van der Waals surface area (Å²) < 4.78 is 21.0. The minimum Gasteiger partial charge on any atom is -0.493 e. The van der Waals surface area contributed by atoms with Crippen LogP contribution in [-0.2, 0) is 11.2 Å². The van der Waals surface area contributed by atoms with E-state index in [0.717, 1.165) is 31.4 Å². The van der Waals surface area contributed by atoms with E-state index >= 15 is 0 Å². The van der Waals surface area contributed by atoms with Crippen molar-refractivity contribution in [3.05, 3.63) is 59.7 Å². The van der Waals surface area contributed by atoms with Crippen molar-refractivity contribution >= 4 is 17.7 Å². The second kappa shape index (κ2) is 10.2. The van der Waals surface area contributed by atoms with Crippen molar-refractivity contribution in [1.82, 2.24) is 0 Å². The van der Waals surface area contributed by atoms with Crippen LogP contribution in [0.5, 0.6) is 17.2 Å². The highest BCUT2D eigenvalue weighted by Gasteiger charge is 2.35. The number of methoxy groups -OCH3 is 2. The minimum atomic E-state index is -0.870. The summed E-state index contributed by atoms with van der Waals surface area (Å²) in [4.78, 5) is 27.6. The standard InChI is InChI=1S/C27H31NO6/c1-4-33-26(30)34-24-22(31-2)16-20(17-23(24)32-3)25(29)28-15-14-27(12-8-5-9-13-27)18-19-10-6-7-11-21(19)28/h6-8,10-12,16-17H,4-5,9,13-15,18H2,1-3H3. The SMILES string of the molecule is CCOC(=O)Oc1c(OC)cc(C(=O)N2CCC3(C=CCCC3)Cc3ccccc32)cc1OC. The fourth-order valence-corrected chi connectivity index (χ4v) is 4.89. The Morgan fingerprint density at radius 2 is 1.79 bits per heavy atom. The van der Waals surface area contributed by atoms with Crippen molar-refractivity contribution < 1.29 is 28.5 Å². The van der Waals surface area contributed by atoms with Gasteiger partial charge in [-0.05, 0) is 68.2 Å². The Morgan fingerprint density at radius 3 is 2.44 bits per heavy atom. The number of hydrogen-bond donors (Lipinski definition) is 0. The van der Waals surface area contributed by atoms with Crippen LogP contribution in [0.1, 0.15) is 48.5 Å². The quantitative estimate of drug-likeness (QED) is 0.327. The lowest BCUT2D eigenvalue weighted by atomic mass is 9.72. The van der Waals surface area contributed by atoms with E-state index in [1.165, 1.54) is 26.2 Å². The van der Waals surface area contributed by atoms with E-state index < -0.39 is 6.16 Å². The molecular formula is C27H31NO6. The molecule has 0 fully saturated rings. The Bertz CT molecular complexity index is 1070. The first-order valence-electron chi connectivity index (χ1n) is 11.7. The lowest BCUT2D eigenvalue weighted by Crippen LogP contribution is -2.33. The lowest BCUT2D eigenvalue weighted by Gasteiger charge is -2.32. The molecular weight excluding hydrogens is 434 g/mol. The molecule has 7 nitrogen and oxygen atoms in total. The largest absolute Gasteiger partial charge is 0.514 e. The zero-order valence-electron chi connectivity index (χ0n) is 20.0. The van der Waals surface area contributed by atoms with E-state index in [2.05, 4.69) is 18.2 Å². The van der Waals surface area contributed by atoms with E-state index in [4.69, 9.17) is 18.9 Å². The summed E-state index contributed by atoms with van der Waals surface area (Å²) in [6.07, 6.45) is 8.99. The summed E-state index contributed by atoms with van der Waals surface area (Å²) in [6, 6.07) is 11.3. The van der Waals surface area contributed by atoms with Gasteiger partial charge in [-0.2, -0.15) is 0 Å². The van der Waals surface area contributed by atoms with Gasteiger partial charge in [0, 0.05) is 17.8 Å². The second-order valence-corrected chi connectivity index (χ2v) is 8.66. The zero-order chi connectivity index (χ0) is 24.1. The summed E-state index contributed by atoms with van der Waals surface area (Å²) in [5.41, 5.74) is 2.56. The number of benzene rings is 2. The van der Waals surface area contributed by atoms with E-state index in [1.54, 1.807) is 19.1 Å². The van der Waals surface area contributed by atoms with Gasteiger partial charge in [0.15, 0.2) is 11.5 Å². The topological polar surface area (TPSA) is 74.3 Å². The molecule has 1 unspecified atom stereocenters. The fourth-order valence-electron chi connectivity index (χ4n) is 4.89. The number of carbonyl (C=O) groups excluding carboxylic acids is 2. The summed E-state index contributed by atoms with van der Waals surface area (Å²) >= 11 is 0. The second-order valence-electron chi connectivity index (χ2n) is 8.66. The monoisotopic (exact) mass is 465 g/mol. The van der Waals surface area contributed by atoms with Crippen LogP contribution in [-0.4, -0.2) is 39.4 Å². The molecule has 1 spiro atoms. The van der Waals surface area contributed by atoms with E-state index in [-0.39, 0.29) is 35.2 Å². The summed E-state index contributed by atoms with van der Waals surface area (Å²) in [7, 11) is 2.89. The number of hydrogen-bond acceptors (Lipinski definition) is 6. The molecule has 1 amide bonds. The number of fused-ring (bicyclic) bond motifs is 1. The molecule has 1 atom stereocenters. The van der Waals surface area contributed by atoms with Gasteiger partial charge < -0.3 is 23.8 Å². The molecule has 0 radical (unpaired) electrons. The number of carbonyl (C=O) groups is 2. The van der Waals surface area contributed by atoms with Crippen molar-refractivity contribution in [3.8, 4) is 17.2 Å². The van der Waals surface area contributed by atoms with Crippen molar-refractivity contribution in [1.29, 1.82) is 0 Å². The Balaban J connectivity index is 1.70. The van der Waals surface area contributed by atoms with Gasteiger partial charge >= 0.3 is 6.16 Å². The van der Waals surface area contributed by atoms with Crippen LogP contribution >= 0.6 is 0 Å². The minimum absolute atomic E-state index is 0.0718. The molecule has 0 saturated carbocycles. The van der Waals surface area contributed by atoms with Gasteiger partial charge in [-0.3, -0.25) is 4.79 Å². The highest BCUT2D eigenvalue weighted by molar-refractivity contribution is 6.07. The maximum absolute atomic E-state index is 13.8. The number of rotatable bonds is 5. The molecule has 0 aromatic heterocycles. The lowest BCUT2D eigenvalue weighted by molar-refractivity contribution is 0.0984. The first kappa shape index (κ1) is 23.7. The molecule has 34 heavy (non-hydrogen) atoms. The third-order valence-corrected chi connectivity index (χ3v) is 6.58. The first-order chi connectivity index (χ1) is 16.5. The summed E-state index contributed by atoms with van der Waals surface area (Å²) in [5, 5.41) is 0. The zero-order valence-corrected chi connectivity index (χ0v) is 20.0. The van der Waals surface area contributed by atoms with Gasteiger partial charge in [-0.25, -0.2) is 4.79 Å². The van der Waals surface area contributed by atoms with E-state index in [1.807, 2.05) is 23.1 Å². The molecule has 0 bridgehead atoms. The molecule has 180 valence electrons. The van der Waals surface area contributed by atoms with Crippen LogP contribution in [0.3, 0.4) is 0 Å². The molecule has 1 heterocycles. The Kier molecular flexibility index (Phi) is 7.10. The number of anilines is 1. The first-order valence-corrected chi connectivity index (χ1v) is 11.7. The van der Waals surface area contributed by atoms with Crippen LogP contribution in [0.2, 0.25) is 0 Å². The molecule has 2 aromatic carbocycles. The Hall–Kier alpha value is -3.48. The average Bonchev–Trinajstić information content (AvgIpc) is 3.00. The number of nitrogens with zero attached hydrogens (tertiary/aromatic N) is 1. The molecule has 4 rings (SSSR count).